The lowest BCUT2D eigenvalue weighted by Gasteiger charge is -2.18. The van der Waals surface area contributed by atoms with Crippen LogP contribution in [0.1, 0.15) is 54.2 Å². The summed E-state index contributed by atoms with van der Waals surface area (Å²) in [5.41, 5.74) is 4.65. The molecule has 1 unspecified atom stereocenters. The lowest BCUT2D eigenvalue weighted by atomic mass is 10.0. The number of carbonyl (C=O) groups is 1. The quantitative estimate of drug-likeness (QED) is 0.424. The van der Waals surface area contributed by atoms with E-state index in [9.17, 15) is 4.79 Å². The number of benzene rings is 3. The Kier molecular flexibility index (Phi) is 7.20. The van der Waals surface area contributed by atoms with E-state index in [2.05, 4.69) is 41.9 Å². The number of hydrogen-bond acceptors (Lipinski definition) is 2. The van der Waals surface area contributed by atoms with Crippen LogP contribution in [0.5, 0.6) is 0 Å². The number of amides is 1. The Bertz CT molecular complexity index is 1000. The van der Waals surface area contributed by atoms with Gasteiger partial charge < -0.3 is 16.0 Å². The van der Waals surface area contributed by atoms with Crippen molar-refractivity contribution < 1.29 is 4.79 Å². The number of rotatable bonds is 6. The van der Waals surface area contributed by atoms with Crippen LogP contribution in [-0.4, -0.2) is 11.0 Å². The van der Waals surface area contributed by atoms with Gasteiger partial charge in [-0.25, -0.2) is 0 Å². The fraction of sp³-hybridized carbons (Fsp3) is 0.200. The van der Waals surface area contributed by atoms with Crippen LogP contribution in [0.25, 0.3) is 0 Å². The summed E-state index contributed by atoms with van der Waals surface area (Å²) in [5, 5.41) is 10.0. The highest BCUT2D eigenvalue weighted by atomic mass is 32.1. The highest BCUT2D eigenvalue weighted by molar-refractivity contribution is 7.80. The lowest BCUT2D eigenvalue weighted by Crippen LogP contribution is -2.30. The van der Waals surface area contributed by atoms with Crippen molar-refractivity contribution in [3.63, 3.8) is 0 Å². The van der Waals surface area contributed by atoms with Gasteiger partial charge in [-0.15, -0.1) is 0 Å². The lowest BCUT2D eigenvalue weighted by molar-refractivity contribution is 0.102. The molecule has 0 aliphatic carbocycles. The average Bonchev–Trinajstić information content (AvgIpc) is 2.75. The molecule has 3 N–H and O–H groups in total. The molecular weight excluding hydrogens is 390 g/mol. The predicted octanol–water partition coefficient (Wildman–Crippen LogP) is 6.11. The Morgan fingerprint density at radius 1 is 0.767 bits per heavy atom. The van der Waals surface area contributed by atoms with Gasteiger partial charge in [0.25, 0.3) is 5.91 Å². The van der Waals surface area contributed by atoms with Gasteiger partial charge in [0.1, 0.15) is 0 Å². The minimum absolute atomic E-state index is 0.0199. The molecule has 3 aromatic rings. The van der Waals surface area contributed by atoms with E-state index in [1.54, 1.807) is 12.1 Å². The van der Waals surface area contributed by atoms with Crippen molar-refractivity contribution in [3.05, 3.63) is 95.6 Å². The Morgan fingerprint density at radius 2 is 1.47 bits per heavy atom. The Labute approximate surface area is 183 Å². The highest BCUT2D eigenvalue weighted by Gasteiger charge is 2.10. The van der Waals surface area contributed by atoms with Gasteiger partial charge in [-0.05, 0) is 72.6 Å². The van der Waals surface area contributed by atoms with E-state index >= 15 is 0 Å². The number of carbonyl (C=O) groups excluding carboxylic acids is 1. The summed E-state index contributed by atoms with van der Waals surface area (Å²) in [6.07, 6.45) is 0. The molecule has 0 aromatic heterocycles. The molecule has 0 saturated carbocycles. The molecule has 0 aliphatic rings. The number of hydrogen-bond donors (Lipinski definition) is 3. The van der Waals surface area contributed by atoms with Gasteiger partial charge in [-0.1, -0.05) is 56.3 Å². The zero-order chi connectivity index (χ0) is 21.5. The van der Waals surface area contributed by atoms with E-state index in [0.717, 1.165) is 16.9 Å². The van der Waals surface area contributed by atoms with Crippen molar-refractivity contribution in [1.29, 1.82) is 0 Å². The predicted molar refractivity (Wildman–Crippen MR) is 129 cm³/mol. The van der Waals surface area contributed by atoms with Crippen molar-refractivity contribution in [2.24, 2.45) is 0 Å². The van der Waals surface area contributed by atoms with Gasteiger partial charge in [-0.2, -0.15) is 0 Å². The van der Waals surface area contributed by atoms with Crippen molar-refractivity contribution in [1.82, 2.24) is 5.32 Å². The smallest absolute Gasteiger partial charge is 0.255 e. The normalized spacial score (nSPS) is 11.6. The molecular formula is C25H27N3OS. The maximum absolute atomic E-state index is 12.4. The van der Waals surface area contributed by atoms with E-state index in [1.165, 1.54) is 5.56 Å². The van der Waals surface area contributed by atoms with Gasteiger partial charge in [0, 0.05) is 16.9 Å². The van der Waals surface area contributed by atoms with Crippen molar-refractivity contribution in [3.8, 4) is 0 Å². The first-order valence-electron chi connectivity index (χ1n) is 10.1. The van der Waals surface area contributed by atoms with E-state index in [4.69, 9.17) is 12.2 Å². The Morgan fingerprint density at radius 3 is 2.13 bits per heavy atom. The Balaban J connectivity index is 1.59. The van der Waals surface area contributed by atoms with E-state index in [1.807, 2.05) is 61.5 Å². The maximum atomic E-state index is 12.4. The second-order valence-corrected chi connectivity index (χ2v) is 7.95. The van der Waals surface area contributed by atoms with E-state index in [-0.39, 0.29) is 11.9 Å². The summed E-state index contributed by atoms with van der Waals surface area (Å²) < 4.78 is 0. The zero-order valence-corrected chi connectivity index (χ0v) is 18.3. The molecule has 30 heavy (non-hydrogen) atoms. The molecule has 0 fully saturated rings. The average molecular weight is 418 g/mol. The number of nitrogens with one attached hydrogen (secondary N) is 3. The topological polar surface area (TPSA) is 53.2 Å². The zero-order valence-electron chi connectivity index (χ0n) is 17.5. The number of anilines is 2. The molecule has 0 saturated heterocycles. The van der Waals surface area contributed by atoms with Crippen LogP contribution in [-0.2, 0) is 0 Å². The van der Waals surface area contributed by atoms with Crippen molar-refractivity contribution in [2.45, 2.75) is 32.7 Å². The summed E-state index contributed by atoms with van der Waals surface area (Å²) in [6.45, 7) is 6.38. The van der Waals surface area contributed by atoms with Crippen LogP contribution >= 0.6 is 12.2 Å². The summed E-state index contributed by atoms with van der Waals surface area (Å²) in [4.78, 5) is 12.4. The third kappa shape index (κ3) is 5.91. The van der Waals surface area contributed by atoms with E-state index in [0.29, 0.717) is 16.6 Å². The summed E-state index contributed by atoms with van der Waals surface area (Å²) in [7, 11) is 0. The second-order valence-electron chi connectivity index (χ2n) is 7.54. The summed E-state index contributed by atoms with van der Waals surface area (Å²) >= 11 is 5.47. The first-order valence-corrected chi connectivity index (χ1v) is 10.5. The molecule has 0 heterocycles. The largest absolute Gasteiger partial charge is 0.356 e. The van der Waals surface area contributed by atoms with Gasteiger partial charge >= 0.3 is 0 Å². The summed E-state index contributed by atoms with van der Waals surface area (Å²) in [5.74, 6) is 0.370. The molecule has 5 heteroatoms. The van der Waals surface area contributed by atoms with Crippen molar-refractivity contribution >= 4 is 34.6 Å². The van der Waals surface area contributed by atoms with E-state index < -0.39 is 0 Å². The van der Waals surface area contributed by atoms with Gasteiger partial charge in [0.2, 0.25) is 0 Å². The van der Waals surface area contributed by atoms with Crippen LogP contribution < -0.4 is 16.0 Å². The van der Waals surface area contributed by atoms with Crippen LogP contribution in [0.15, 0.2) is 78.9 Å². The Hall–Kier alpha value is -3.18. The first kappa shape index (κ1) is 21.5. The third-order valence-corrected chi connectivity index (χ3v) is 5.08. The molecule has 1 atom stereocenters. The minimum atomic E-state index is -0.129. The van der Waals surface area contributed by atoms with Gasteiger partial charge in [0.05, 0.1) is 6.04 Å². The van der Waals surface area contributed by atoms with Gasteiger partial charge in [0.15, 0.2) is 5.11 Å². The molecule has 3 aromatic carbocycles. The van der Waals surface area contributed by atoms with Gasteiger partial charge in [-0.3, -0.25) is 4.79 Å². The molecule has 4 nitrogen and oxygen atoms in total. The van der Waals surface area contributed by atoms with Crippen LogP contribution in [0.3, 0.4) is 0 Å². The first-order chi connectivity index (χ1) is 14.4. The molecule has 154 valence electrons. The molecule has 0 bridgehead atoms. The minimum Gasteiger partial charge on any atom is -0.356 e. The monoisotopic (exact) mass is 417 g/mol. The van der Waals surface area contributed by atoms with Crippen LogP contribution in [0.4, 0.5) is 11.4 Å². The molecule has 0 spiro atoms. The standard InChI is InChI=1S/C25H27N3OS/c1-17(2)19-12-14-22(15-13-19)28-25(30)26-18(3)21-10-7-11-23(16-21)27-24(29)20-8-5-4-6-9-20/h4-18H,1-3H3,(H,27,29)(H2,26,28,30). The fourth-order valence-corrected chi connectivity index (χ4v) is 3.37. The highest BCUT2D eigenvalue weighted by Crippen LogP contribution is 2.20. The summed E-state index contributed by atoms with van der Waals surface area (Å²) in [6, 6.07) is 25.2. The second kappa shape index (κ2) is 10.0. The van der Waals surface area contributed by atoms with Crippen molar-refractivity contribution in [2.75, 3.05) is 10.6 Å². The van der Waals surface area contributed by atoms with Crippen LogP contribution in [0, 0.1) is 0 Å². The SMILES string of the molecule is CC(C)c1ccc(NC(=S)NC(C)c2cccc(NC(=O)c3ccccc3)c2)cc1. The third-order valence-electron chi connectivity index (χ3n) is 4.86. The maximum Gasteiger partial charge on any atom is 0.255 e. The molecule has 1 amide bonds. The van der Waals surface area contributed by atoms with Crippen LogP contribution in [0.2, 0.25) is 0 Å². The molecule has 0 radical (unpaired) electrons. The molecule has 3 rings (SSSR count). The molecule has 0 aliphatic heterocycles. The number of thiocarbonyl (C=S) groups is 1. The fourth-order valence-electron chi connectivity index (χ4n) is 3.08.